The van der Waals surface area contributed by atoms with Gasteiger partial charge in [-0.05, 0) is 42.1 Å². The smallest absolute Gasteiger partial charge is 0.272 e. The molecule has 0 spiro atoms. The minimum Gasteiger partial charge on any atom is -0.305 e. The van der Waals surface area contributed by atoms with Gasteiger partial charge < -0.3 is 4.57 Å². The van der Waals surface area contributed by atoms with Gasteiger partial charge in [-0.1, -0.05) is 29.4 Å². The lowest BCUT2D eigenvalue weighted by Gasteiger charge is -1.99. The van der Waals surface area contributed by atoms with Gasteiger partial charge in [-0.15, -0.1) is 17.8 Å². The number of carbonyl (C=O) groups is 1. The third-order valence-electron chi connectivity index (χ3n) is 3.23. The van der Waals surface area contributed by atoms with Gasteiger partial charge in [0, 0.05) is 11.0 Å². The van der Waals surface area contributed by atoms with Gasteiger partial charge in [0.25, 0.3) is 5.91 Å². The van der Waals surface area contributed by atoms with Crippen LogP contribution in [0.3, 0.4) is 0 Å². The van der Waals surface area contributed by atoms with Crippen LogP contribution in [-0.2, 0) is 11.3 Å². The third-order valence-corrected chi connectivity index (χ3v) is 5.11. The average molecular weight is 338 g/mol. The van der Waals surface area contributed by atoms with E-state index in [0.717, 1.165) is 15.1 Å². The number of thiazole rings is 1. The highest BCUT2D eigenvalue weighted by Gasteiger charge is 2.06. The quantitative estimate of drug-likeness (QED) is 0.528. The predicted octanol–water partition coefficient (Wildman–Crippen LogP) is 3.85. The third kappa shape index (κ3) is 3.50. The molecule has 1 amide bonds. The van der Waals surface area contributed by atoms with E-state index in [1.165, 1.54) is 23.0 Å². The summed E-state index contributed by atoms with van der Waals surface area (Å²) in [6.45, 7) is 2.43. The number of benzene rings is 1. The fourth-order valence-corrected chi connectivity index (χ4v) is 3.93. The summed E-state index contributed by atoms with van der Waals surface area (Å²) in [4.78, 5) is 18.0. The van der Waals surface area contributed by atoms with E-state index in [4.69, 9.17) is 6.42 Å². The van der Waals surface area contributed by atoms with Crippen molar-refractivity contribution in [1.29, 1.82) is 0 Å². The topological polar surface area (TPSA) is 34.4 Å². The zero-order valence-corrected chi connectivity index (χ0v) is 14.2. The molecule has 0 aliphatic rings. The normalized spacial score (nSPS) is 12.1. The predicted molar refractivity (Wildman–Crippen MR) is 97.3 cm³/mol. The van der Waals surface area contributed by atoms with Crippen LogP contribution in [0.1, 0.15) is 10.4 Å². The van der Waals surface area contributed by atoms with Crippen molar-refractivity contribution in [3.8, 4) is 12.3 Å². The van der Waals surface area contributed by atoms with Crippen molar-refractivity contribution >= 4 is 44.9 Å². The lowest BCUT2D eigenvalue weighted by molar-refractivity contribution is -0.113. The number of aromatic nitrogens is 1. The van der Waals surface area contributed by atoms with E-state index in [0.29, 0.717) is 11.3 Å². The van der Waals surface area contributed by atoms with Gasteiger partial charge in [-0.3, -0.25) is 4.79 Å². The number of fused-ring (bicyclic) bond motifs is 1. The van der Waals surface area contributed by atoms with E-state index in [9.17, 15) is 4.79 Å². The summed E-state index contributed by atoms with van der Waals surface area (Å²) >= 11 is 3.06. The summed E-state index contributed by atoms with van der Waals surface area (Å²) in [5.74, 6) is 2.34. The minimum absolute atomic E-state index is 0.285. The number of carbonyl (C=O) groups excluding carboxylic acids is 1. The van der Waals surface area contributed by atoms with Gasteiger partial charge in [0.1, 0.15) is 0 Å². The second-order valence-corrected chi connectivity index (χ2v) is 6.93. The number of aryl methyl sites for hydroxylation is 1. The minimum atomic E-state index is -0.285. The first kappa shape index (κ1) is 15.5. The molecule has 0 saturated heterocycles. The first-order valence-electron chi connectivity index (χ1n) is 7.01. The largest absolute Gasteiger partial charge is 0.305 e. The monoisotopic (exact) mass is 338 g/mol. The Kier molecular flexibility index (Phi) is 4.56. The Bertz CT molecular complexity index is 982. The number of amides is 1. The van der Waals surface area contributed by atoms with Crippen LogP contribution in [0.25, 0.3) is 16.3 Å². The van der Waals surface area contributed by atoms with Gasteiger partial charge in [0.15, 0.2) is 4.80 Å². The van der Waals surface area contributed by atoms with Crippen LogP contribution < -0.4 is 4.80 Å². The molecule has 114 valence electrons. The molecule has 3 nitrogen and oxygen atoms in total. The second-order valence-electron chi connectivity index (χ2n) is 4.94. The number of hydrogen-bond donors (Lipinski definition) is 0. The standard InChI is InChI=1S/C18H14N2OS2/c1-3-10-20-15-8-6-13(2)12-16(15)23-18(20)19-17(21)9-7-14-5-4-11-22-14/h1,4-9,11-12H,10H2,2H3. The summed E-state index contributed by atoms with van der Waals surface area (Å²) in [6.07, 6.45) is 8.72. The van der Waals surface area contributed by atoms with Crippen molar-refractivity contribution in [2.75, 3.05) is 0 Å². The van der Waals surface area contributed by atoms with Crippen LogP contribution in [0.2, 0.25) is 0 Å². The van der Waals surface area contributed by atoms with Gasteiger partial charge >= 0.3 is 0 Å². The van der Waals surface area contributed by atoms with Crippen molar-refractivity contribution in [3.05, 3.63) is 57.0 Å². The van der Waals surface area contributed by atoms with Crippen LogP contribution >= 0.6 is 22.7 Å². The molecule has 1 aromatic carbocycles. The van der Waals surface area contributed by atoms with Crippen LogP contribution in [0.5, 0.6) is 0 Å². The van der Waals surface area contributed by atoms with E-state index in [1.54, 1.807) is 17.4 Å². The maximum Gasteiger partial charge on any atom is 0.272 e. The van der Waals surface area contributed by atoms with E-state index in [2.05, 4.69) is 17.0 Å². The van der Waals surface area contributed by atoms with Gasteiger partial charge in [0.05, 0.1) is 16.8 Å². The Morgan fingerprint density at radius 2 is 2.30 bits per heavy atom. The van der Waals surface area contributed by atoms with E-state index in [1.807, 2.05) is 41.1 Å². The maximum absolute atomic E-state index is 12.1. The molecule has 2 aromatic heterocycles. The molecule has 3 aromatic rings. The van der Waals surface area contributed by atoms with Crippen LogP contribution in [-0.4, -0.2) is 10.5 Å². The Morgan fingerprint density at radius 1 is 1.43 bits per heavy atom. The molecule has 2 heterocycles. The van der Waals surface area contributed by atoms with Crippen LogP contribution in [0.4, 0.5) is 0 Å². The number of rotatable bonds is 3. The highest BCUT2D eigenvalue weighted by molar-refractivity contribution is 7.16. The molecule has 0 saturated carbocycles. The molecule has 0 aliphatic carbocycles. The molecule has 0 N–H and O–H groups in total. The summed E-state index contributed by atoms with van der Waals surface area (Å²) in [5.41, 5.74) is 2.18. The molecule has 3 rings (SSSR count). The fourth-order valence-electron chi connectivity index (χ4n) is 2.18. The number of nitrogens with zero attached hydrogens (tertiary/aromatic N) is 2. The molecule has 0 unspecified atom stereocenters. The van der Waals surface area contributed by atoms with Crippen molar-refractivity contribution in [2.24, 2.45) is 4.99 Å². The lowest BCUT2D eigenvalue weighted by atomic mass is 10.2. The highest BCUT2D eigenvalue weighted by Crippen LogP contribution is 2.18. The molecule has 0 radical (unpaired) electrons. The van der Waals surface area contributed by atoms with Crippen LogP contribution in [0, 0.1) is 19.3 Å². The van der Waals surface area contributed by atoms with Gasteiger partial charge in [-0.25, -0.2) is 0 Å². The summed E-state index contributed by atoms with van der Waals surface area (Å²) < 4.78 is 2.98. The zero-order chi connectivity index (χ0) is 16.2. The molecule has 0 atom stereocenters. The number of thiophene rings is 1. The van der Waals surface area contributed by atoms with Gasteiger partial charge in [-0.2, -0.15) is 4.99 Å². The Labute approximate surface area is 142 Å². The zero-order valence-electron chi connectivity index (χ0n) is 12.5. The summed E-state index contributed by atoms with van der Waals surface area (Å²) in [5, 5.41) is 1.97. The highest BCUT2D eigenvalue weighted by atomic mass is 32.1. The Hall–Kier alpha value is -2.42. The molecule has 0 aliphatic heterocycles. The van der Waals surface area contributed by atoms with Crippen molar-refractivity contribution in [2.45, 2.75) is 13.5 Å². The van der Waals surface area contributed by atoms with Crippen molar-refractivity contribution in [3.63, 3.8) is 0 Å². The van der Waals surface area contributed by atoms with Crippen molar-refractivity contribution in [1.82, 2.24) is 4.57 Å². The molecule has 0 bridgehead atoms. The van der Waals surface area contributed by atoms with Crippen LogP contribution in [0.15, 0.2) is 46.8 Å². The molecule has 0 fully saturated rings. The number of hydrogen-bond acceptors (Lipinski definition) is 3. The van der Waals surface area contributed by atoms with Gasteiger partial charge in [0.2, 0.25) is 0 Å². The SMILES string of the molecule is C#CCn1c(=NC(=O)C=Cc2cccs2)sc2cc(C)ccc21. The Morgan fingerprint density at radius 3 is 3.04 bits per heavy atom. The lowest BCUT2D eigenvalue weighted by Crippen LogP contribution is -2.15. The van der Waals surface area contributed by atoms with E-state index < -0.39 is 0 Å². The molecule has 23 heavy (non-hydrogen) atoms. The summed E-state index contributed by atoms with van der Waals surface area (Å²) in [7, 11) is 0. The second kappa shape index (κ2) is 6.78. The number of terminal acetylenes is 1. The molecule has 5 heteroatoms. The first-order valence-corrected chi connectivity index (χ1v) is 8.71. The van der Waals surface area contributed by atoms with Crippen molar-refractivity contribution < 1.29 is 4.79 Å². The van der Waals surface area contributed by atoms with E-state index in [-0.39, 0.29) is 5.91 Å². The molecular formula is C18H14N2OS2. The average Bonchev–Trinajstić information content (AvgIpc) is 3.14. The maximum atomic E-state index is 12.1. The van der Waals surface area contributed by atoms with E-state index >= 15 is 0 Å². The first-order chi connectivity index (χ1) is 11.2. The fraction of sp³-hybridized carbons (Fsp3) is 0.111. The Balaban J connectivity index is 2.02. The molecular weight excluding hydrogens is 324 g/mol. The summed E-state index contributed by atoms with van der Waals surface area (Å²) in [6, 6.07) is 10.0.